The van der Waals surface area contributed by atoms with E-state index in [2.05, 4.69) is 13.0 Å². The molecule has 3 rings (SSSR count). The van der Waals surface area contributed by atoms with E-state index in [1.165, 1.54) is 22.2 Å². The molecular weight excluding hydrogens is 314 g/mol. The Labute approximate surface area is 138 Å². The van der Waals surface area contributed by atoms with Gasteiger partial charge in [-0.1, -0.05) is 18.7 Å². The summed E-state index contributed by atoms with van der Waals surface area (Å²) in [5, 5.41) is 10.3. The lowest BCUT2D eigenvalue weighted by Crippen LogP contribution is -2.23. The predicted molar refractivity (Wildman–Crippen MR) is 91.7 cm³/mol. The number of aryl methyl sites for hydroxylation is 1. The number of nitriles is 1. The van der Waals surface area contributed by atoms with Crippen molar-refractivity contribution in [2.45, 2.75) is 57.0 Å². The molecule has 116 valence electrons. The summed E-state index contributed by atoms with van der Waals surface area (Å²) in [5.41, 5.74) is 1.29. The van der Waals surface area contributed by atoms with Gasteiger partial charge in [-0.2, -0.15) is 5.26 Å². The normalized spacial score (nSPS) is 18.9. The van der Waals surface area contributed by atoms with Gasteiger partial charge in [0, 0.05) is 11.4 Å². The molecule has 0 N–H and O–H groups in total. The van der Waals surface area contributed by atoms with Gasteiger partial charge in [-0.25, -0.2) is 4.98 Å². The highest BCUT2D eigenvalue weighted by Gasteiger charge is 2.24. The van der Waals surface area contributed by atoms with E-state index < -0.39 is 0 Å². The number of thiophene rings is 1. The summed E-state index contributed by atoms with van der Waals surface area (Å²) in [5.74, 6) is 0.682. The SMILES string of the molecule is CCn1c(S[C@@H](C)C#N)nc2sc3c(c2c1=O)CC[C@H](C)C3. The molecule has 2 aromatic heterocycles. The van der Waals surface area contributed by atoms with Gasteiger partial charge in [0.1, 0.15) is 4.83 Å². The van der Waals surface area contributed by atoms with Crippen LogP contribution in [0.4, 0.5) is 0 Å². The summed E-state index contributed by atoms with van der Waals surface area (Å²) in [6, 6.07) is 2.20. The molecule has 2 aromatic rings. The molecule has 0 unspecified atom stereocenters. The van der Waals surface area contributed by atoms with Crippen LogP contribution in [0.15, 0.2) is 9.95 Å². The minimum absolute atomic E-state index is 0.0622. The fraction of sp³-hybridized carbons (Fsp3) is 0.562. The standard InChI is InChI=1S/C16H19N3OS2/c1-4-19-15(20)13-11-6-5-9(2)7-12(11)22-14(13)18-16(19)21-10(3)8-17/h9-10H,4-7H2,1-3H3/t9-,10-/m0/s1. The van der Waals surface area contributed by atoms with Crippen molar-refractivity contribution in [3.8, 4) is 6.07 Å². The highest BCUT2D eigenvalue weighted by molar-refractivity contribution is 8.00. The largest absolute Gasteiger partial charge is 0.287 e. The molecule has 1 aliphatic rings. The zero-order valence-corrected chi connectivity index (χ0v) is 14.7. The lowest BCUT2D eigenvalue weighted by molar-refractivity contribution is 0.509. The summed E-state index contributed by atoms with van der Waals surface area (Å²) < 4.78 is 1.71. The van der Waals surface area contributed by atoms with E-state index in [0.29, 0.717) is 17.6 Å². The van der Waals surface area contributed by atoms with Gasteiger partial charge in [-0.05, 0) is 44.6 Å². The van der Waals surface area contributed by atoms with Gasteiger partial charge in [0.25, 0.3) is 5.56 Å². The maximum absolute atomic E-state index is 12.9. The predicted octanol–water partition coefficient (Wildman–Crippen LogP) is 3.61. The van der Waals surface area contributed by atoms with Gasteiger partial charge in [0.05, 0.1) is 16.7 Å². The first-order valence-electron chi connectivity index (χ1n) is 7.66. The average molecular weight is 333 g/mol. The van der Waals surface area contributed by atoms with E-state index >= 15 is 0 Å². The second-order valence-corrected chi connectivity index (χ2v) is 8.26. The molecule has 1 aliphatic carbocycles. The summed E-state index contributed by atoms with van der Waals surface area (Å²) in [7, 11) is 0. The van der Waals surface area contributed by atoms with Crippen molar-refractivity contribution in [1.29, 1.82) is 5.26 Å². The van der Waals surface area contributed by atoms with Crippen LogP contribution in [0.2, 0.25) is 0 Å². The number of hydrogen-bond donors (Lipinski definition) is 0. The van der Waals surface area contributed by atoms with Crippen molar-refractivity contribution in [2.75, 3.05) is 0 Å². The molecule has 22 heavy (non-hydrogen) atoms. The minimum atomic E-state index is -0.211. The molecule has 0 saturated carbocycles. The molecule has 0 aliphatic heterocycles. The molecule has 0 spiro atoms. The molecule has 2 heterocycles. The molecule has 0 bridgehead atoms. The molecule has 4 nitrogen and oxygen atoms in total. The van der Waals surface area contributed by atoms with Crippen molar-refractivity contribution >= 4 is 33.3 Å². The monoisotopic (exact) mass is 333 g/mol. The van der Waals surface area contributed by atoms with Crippen molar-refractivity contribution in [2.24, 2.45) is 5.92 Å². The molecular formula is C16H19N3OS2. The number of hydrogen-bond acceptors (Lipinski definition) is 5. The first-order chi connectivity index (χ1) is 10.5. The zero-order valence-electron chi connectivity index (χ0n) is 13.0. The Morgan fingerprint density at radius 3 is 3.05 bits per heavy atom. The van der Waals surface area contributed by atoms with Crippen LogP contribution in [0, 0.1) is 17.2 Å². The number of thioether (sulfide) groups is 1. The van der Waals surface area contributed by atoms with Gasteiger partial charge >= 0.3 is 0 Å². The summed E-state index contributed by atoms with van der Waals surface area (Å²) in [6.07, 6.45) is 3.18. The molecule has 0 fully saturated rings. The van der Waals surface area contributed by atoms with E-state index in [0.717, 1.165) is 29.5 Å². The smallest absolute Gasteiger partial charge is 0.263 e. The third-order valence-corrected chi connectivity index (χ3v) is 6.29. The van der Waals surface area contributed by atoms with E-state index in [1.807, 2.05) is 13.8 Å². The Morgan fingerprint density at radius 1 is 1.59 bits per heavy atom. The first-order valence-corrected chi connectivity index (χ1v) is 9.36. The van der Waals surface area contributed by atoms with Gasteiger partial charge in [-0.3, -0.25) is 9.36 Å². The second-order valence-electron chi connectivity index (χ2n) is 5.86. The van der Waals surface area contributed by atoms with Crippen molar-refractivity contribution < 1.29 is 0 Å². The number of rotatable bonds is 3. The topological polar surface area (TPSA) is 58.7 Å². The maximum Gasteiger partial charge on any atom is 0.263 e. The first kappa shape index (κ1) is 15.6. The molecule has 0 aromatic carbocycles. The second kappa shape index (κ2) is 6.05. The molecule has 2 atom stereocenters. The molecule has 0 amide bonds. The maximum atomic E-state index is 12.9. The van der Waals surface area contributed by atoms with Crippen LogP contribution < -0.4 is 5.56 Å². The van der Waals surface area contributed by atoms with Gasteiger partial charge in [0.2, 0.25) is 0 Å². The highest BCUT2D eigenvalue weighted by atomic mass is 32.2. The fourth-order valence-corrected chi connectivity index (χ4v) is 5.24. The molecule has 6 heteroatoms. The van der Waals surface area contributed by atoms with Crippen LogP contribution in [0.25, 0.3) is 10.2 Å². The quantitative estimate of drug-likeness (QED) is 0.636. The van der Waals surface area contributed by atoms with Crippen LogP contribution in [-0.2, 0) is 19.4 Å². The summed E-state index contributed by atoms with van der Waals surface area (Å²) >= 11 is 3.03. The van der Waals surface area contributed by atoms with E-state index in [9.17, 15) is 4.79 Å². The lowest BCUT2D eigenvalue weighted by atomic mass is 9.89. The molecule has 0 saturated heterocycles. The molecule has 0 radical (unpaired) electrons. The van der Waals surface area contributed by atoms with Crippen molar-refractivity contribution in [1.82, 2.24) is 9.55 Å². The summed E-state index contributed by atoms with van der Waals surface area (Å²) in [6.45, 7) is 6.64. The number of nitrogens with zero attached hydrogens (tertiary/aromatic N) is 3. The van der Waals surface area contributed by atoms with Crippen molar-refractivity contribution in [3.63, 3.8) is 0 Å². The van der Waals surface area contributed by atoms with E-state index in [4.69, 9.17) is 10.2 Å². The number of fused-ring (bicyclic) bond motifs is 3. The third-order valence-electron chi connectivity index (χ3n) is 4.16. The Morgan fingerprint density at radius 2 is 2.36 bits per heavy atom. The van der Waals surface area contributed by atoms with Crippen LogP contribution >= 0.6 is 23.1 Å². The minimum Gasteiger partial charge on any atom is -0.287 e. The Balaban J connectivity index is 2.20. The van der Waals surface area contributed by atoms with Crippen LogP contribution in [-0.4, -0.2) is 14.8 Å². The Hall–Kier alpha value is -1.32. The Bertz CT molecular complexity index is 815. The van der Waals surface area contributed by atoms with Crippen molar-refractivity contribution in [3.05, 3.63) is 20.8 Å². The van der Waals surface area contributed by atoms with Crippen LogP contribution in [0.5, 0.6) is 0 Å². The summed E-state index contributed by atoms with van der Waals surface area (Å²) in [4.78, 5) is 19.8. The fourth-order valence-electron chi connectivity index (χ4n) is 2.96. The Kier molecular flexibility index (Phi) is 4.28. The number of aromatic nitrogens is 2. The highest BCUT2D eigenvalue weighted by Crippen LogP contribution is 2.36. The van der Waals surface area contributed by atoms with Gasteiger partial charge in [0.15, 0.2) is 5.16 Å². The third kappa shape index (κ3) is 2.57. The lowest BCUT2D eigenvalue weighted by Gasteiger charge is -2.17. The van der Waals surface area contributed by atoms with E-state index in [1.54, 1.807) is 15.9 Å². The van der Waals surface area contributed by atoms with Crippen LogP contribution in [0.3, 0.4) is 0 Å². The van der Waals surface area contributed by atoms with Gasteiger partial charge in [-0.15, -0.1) is 11.3 Å². The van der Waals surface area contributed by atoms with Gasteiger partial charge < -0.3 is 0 Å². The van der Waals surface area contributed by atoms with Crippen LogP contribution in [0.1, 0.15) is 37.6 Å². The zero-order chi connectivity index (χ0) is 15.9. The van der Waals surface area contributed by atoms with E-state index in [-0.39, 0.29) is 10.8 Å². The average Bonchev–Trinajstić information content (AvgIpc) is 2.84.